The van der Waals surface area contributed by atoms with E-state index in [1.165, 1.54) is 6.34 Å². The molecular formula is CH5N2P. The Hall–Kier alpha value is -0.100. The number of hydrogen-bond acceptors (Lipinski definition) is 1. The fourth-order valence-electron chi connectivity index (χ4n) is 0. The van der Waals surface area contributed by atoms with Gasteiger partial charge in [0, 0.05) is 0 Å². The van der Waals surface area contributed by atoms with Gasteiger partial charge in [-0.3, -0.25) is 4.76 Å². The Morgan fingerprint density at radius 2 is 2.25 bits per heavy atom. The summed E-state index contributed by atoms with van der Waals surface area (Å²) in [5, 5.41) is 0. The summed E-state index contributed by atoms with van der Waals surface area (Å²) in [6, 6.07) is 0. The van der Waals surface area contributed by atoms with E-state index in [0.29, 0.717) is 0 Å². The summed E-state index contributed by atoms with van der Waals surface area (Å²) in [4.78, 5) is 0. The van der Waals surface area contributed by atoms with Crippen LogP contribution in [0.4, 0.5) is 0 Å². The van der Waals surface area contributed by atoms with E-state index in [0.717, 1.165) is 0 Å². The molecule has 0 bridgehead atoms. The highest BCUT2D eigenvalue weighted by atomic mass is 31.0. The van der Waals surface area contributed by atoms with Crippen LogP contribution in [0.1, 0.15) is 0 Å². The maximum absolute atomic E-state index is 4.72. The first-order valence-corrected chi connectivity index (χ1v) is 1.37. The maximum atomic E-state index is 4.72. The Kier molecular flexibility index (Phi) is 2.83. The first kappa shape index (κ1) is 3.90. The van der Waals surface area contributed by atoms with Crippen molar-refractivity contribution < 1.29 is 0 Å². The van der Waals surface area contributed by atoms with Crippen molar-refractivity contribution in [2.45, 2.75) is 0 Å². The maximum Gasteiger partial charge on any atom is 0.0834 e. The lowest BCUT2D eigenvalue weighted by Crippen LogP contribution is -1.82. The molecule has 2 N–H and O–H groups in total. The SMILES string of the molecule is N/C=N\P. The molecule has 0 heterocycles. The highest BCUT2D eigenvalue weighted by Gasteiger charge is 1.30. The molecule has 0 radical (unpaired) electrons. The average molecular weight is 76.0 g/mol. The van der Waals surface area contributed by atoms with Crippen molar-refractivity contribution in [3.63, 3.8) is 0 Å². The van der Waals surface area contributed by atoms with Crippen LogP contribution in [0.3, 0.4) is 0 Å². The predicted octanol–water partition coefficient (Wildman–Crippen LogP) is -0.236. The molecule has 1 unspecified atom stereocenters. The molecule has 0 fully saturated rings. The summed E-state index contributed by atoms with van der Waals surface area (Å²) < 4.78 is 3.31. The van der Waals surface area contributed by atoms with Gasteiger partial charge in [-0.25, -0.2) is 0 Å². The Labute approximate surface area is 27.4 Å². The van der Waals surface area contributed by atoms with Crippen LogP contribution in [-0.2, 0) is 0 Å². The molecule has 0 aliphatic carbocycles. The number of nitrogens with zero attached hydrogens (tertiary/aromatic N) is 1. The van der Waals surface area contributed by atoms with Crippen molar-refractivity contribution in [3.8, 4) is 0 Å². The van der Waals surface area contributed by atoms with Gasteiger partial charge in [-0.05, 0) is 9.39 Å². The second kappa shape index (κ2) is 2.90. The van der Waals surface area contributed by atoms with E-state index in [-0.39, 0.29) is 0 Å². The third-order valence-electron chi connectivity index (χ3n) is 0.0861. The molecule has 0 aliphatic heterocycles. The van der Waals surface area contributed by atoms with Crippen molar-refractivity contribution in [1.82, 2.24) is 0 Å². The fourth-order valence-corrected chi connectivity index (χ4v) is 0. The quantitative estimate of drug-likeness (QED) is 0.241. The van der Waals surface area contributed by atoms with Crippen LogP contribution in [0.5, 0.6) is 0 Å². The smallest absolute Gasteiger partial charge is 0.0834 e. The minimum atomic E-state index is 1.21. The molecule has 2 nitrogen and oxygen atoms in total. The van der Waals surface area contributed by atoms with E-state index >= 15 is 0 Å². The number of hydrogen-bond donors (Lipinski definition) is 1. The van der Waals surface area contributed by atoms with Crippen LogP contribution in [0.15, 0.2) is 4.76 Å². The largest absolute Gasteiger partial charge is 0.390 e. The summed E-state index contributed by atoms with van der Waals surface area (Å²) in [5.74, 6) is 0. The molecular weight excluding hydrogens is 71.0 g/mol. The van der Waals surface area contributed by atoms with Crippen molar-refractivity contribution >= 4 is 15.7 Å². The number of rotatable bonds is 0. The summed E-state index contributed by atoms with van der Waals surface area (Å²) in [5.41, 5.74) is 4.72. The van der Waals surface area contributed by atoms with Crippen LogP contribution in [0, 0.1) is 0 Å². The number of nitrogens with two attached hydrogens (primary N) is 1. The molecule has 4 heavy (non-hydrogen) atoms. The summed E-state index contributed by atoms with van der Waals surface area (Å²) in [6.45, 7) is 0. The van der Waals surface area contributed by atoms with E-state index in [1.807, 2.05) is 0 Å². The molecule has 0 aliphatic rings. The van der Waals surface area contributed by atoms with E-state index < -0.39 is 0 Å². The molecule has 0 spiro atoms. The Bertz CT molecular complexity index is 21.2. The zero-order chi connectivity index (χ0) is 3.41. The Balaban J connectivity index is 2.55. The van der Waals surface area contributed by atoms with Crippen LogP contribution in [0.2, 0.25) is 0 Å². The normalized spacial score (nSPS) is 9.25. The third kappa shape index (κ3) is 1.90. The zero-order valence-electron chi connectivity index (χ0n) is 2.18. The van der Waals surface area contributed by atoms with E-state index in [1.54, 1.807) is 0 Å². The minimum absolute atomic E-state index is 1.21. The van der Waals surface area contributed by atoms with Gasteiger partial charge in [0.1, 0.15) is 0 Å². The van der Waals surface area contributed by atoms with E-state index in [2.05, 4.69) is 14.2 Å². The van der Waals surface area contributed by atoms with Gasteiger partial charge in [0.05, 0.1) is 6.34 Å². The van der Waals surface area contributed by atoms with Crippen LogP contribution in [0.25, 0.3) is 0 Å². The summed E-state index contributed by atoms with van der Waals surface area (Å²) in [7, 11) is 2.10. The van der Waals surface area contributed by atoms with E-state index in [9.17, 15) is 0 Å². The van der Waals surface area contributed by atoms with Crippen LogP contribution >= 0.6 is 9.39 Å². The van der Waals surface area contributed by atoms with Crippen LogP contribution < -0.4 is 5.73 Å². The third-order valence-corrected chi connectivity index (χ3v) is 0.258. The summed E-state index contributed by atoms with van der Waals surface area (Å²) in [6.07, 6.45) is 1.21. The van der Waals surface area contributed by atoms with Gasteiger partial charge in [0.25, 0.3) is 0 Å². The molecule has 0 saturated carbocycles. The lowest BCUT2D eigenvalue weighted by Gasteiger charge is -1.55. The molecule has 0 aromatic heterocycles. The van der Waals surface area contributed by atoms with Gasteiger partial charge < -0.3 is 5.73 Å². The second-order valence-electron chi connectivity index (χ2n) is 0.298. The van der Waals surface area contributed by atoms with Gasteiger partial charge in [0.2, 0.25) is 0 Å². The predicted molar refractivity (Wildman–Crippen MR) is 22.4 cm³/mol. The zero-order valence-corrected chi connectivity index (χ0v) is 3.33. The Morgan fingerprint density at radius 1 is 2.00 bits per heavy atom. The highest BCUT2D eigenvalue weighted by Crippen LogP contribution is 1.70. The van der Waals surface area contributed by atoms with E-state index in [4.69, 9.17) is 5.73 Å². The molecule has 0 saturated heterocycles. The molecule has 0 aromatic carbocycles. The highest BCUT2D eigenvalue weighted by molar-refractivity contribution is 7.14. The average Bonchev–Trinajstić information content (AvgIpc) is 1.37. The van der Waals surface area contributed by atoms with Gasteiger partial charge in [0.15, 0.2) is 0 Å². The molecule has 1 atom stereocenters. The fraction of sp³-hybridized carbons (Fsp3) is 0. The van der Waals surface area contributed by atoms with Crippen molar-refractivity contribution in [3.05, 3.63) is 0 Å². The van der Waals surface area contributed by atoms with Gasteiger partial charge >= 0.3 is 0 Å². The molecule has 3 heteroatoms. The summed E-state index contributed by atoms with van der Waals surface area (Å²) >= 11 is 0. The molecule has 24 valence electrons. The molecule has 0 rings (SSSR count). The van der Waals surface area contributed by atoms with Gasteiger partial charge in [-0.2, -0.15) is 0 Å². The second-order valence-corrected chi connectivity index (χ2v) is 0.596. The van der Waals surface area contributed by atoms with Crippen molar-refractivity contribution in [2.75, 3.05) is 0 Å². The lowest BCUT2D eigenvalue weighted by atomic mass is 11.4. The molecule has 0 aromatic rings. The van der Waals surface area contributed by atoms with Crippen LogP contribution in [-0.4, -0.2) is 6.34 Å². The minimum Gasteiger partial charge on any atom is -0.390 e. The first-order chi connectivity index (χ1) is 1.91. The standard InChI is InChI=1S/CH5N2P/c2-1-3-4/h1H,4H2,(H2,2,3). The topological polar surface area (TPSA) is 38.4 Å². The van der Waals surface area contributed by atoms with Gasteiger partial charge in [-0.1, -0.05) is 0 Å². The first-order valence-electron chi connectivity index (χ1n) is 0.850. The molecule has 0 amide bonds. The van der Waals surface area contributed by atoms with Gasteiger partial charge in [-0.15, -0.1) is 0 Å². The van der Waals surface area contributed by atoms with Crippen molar-refractivity contribution in [2.24, 2.45) is 10.5 Å². The monoisotopic (exact) mass is 76.0 g/mol. The lowest BCUT2D eigenvalue weighted by molar-refractivity contribution is 1.79. The Morgan fingerprint density at radius 3 is 2.25 bits per heavy atom. The van der Waals surface area contributed by atoms with Crippen molar-refractivity contribution in [1.29, 1.82) is 0 Å².